The number of hydrogen-bond acceptors (Lipinski definition) is 7. The van der Waals surface area contributed by atoms with Crippen molar-refractivity contribution in [3.8, 4) is 0 Å². The van der Waals surface area contributed by atoms with Gasteiger partial charge in [0, 0.05) is 29.9 Å². The van der Waals surface area contributed by atoms with E-state index in [0.717, 1.165) is 36.4 Å². The average molecular weight is 485 g/mol. The van der Waals surface area contributed by atoms with Crippen molar-refractivity contribution < 1.29 is 28.7 Å². The first-order valence-electron chi connectivity index (χ1n) is 12.6. The van der Waals surface area contributed by atoms with Crippen LogP contribution in [0.1, 0.15) is 91.5 Å². The number of carbonyl (C=O) groups excluding carboxylic acids is 5. The lowest BCUT2D eigenvalue weighted by atomic mass is 9.85. The molecule has 0 spiro atoms. The van der Waals surface area contributed by atoms with Crippen molar-refractivity contribution in [2.24, 2.45) is 5.92 Å². The standard InChI is InChI=1S/C27H36N2O6/c1-18(2)21-8-7-9-22(26(21)19(3)30)23(31)16-20-10-11-24(32)29(27(20)34)14-15-35-25(33)17-28-12-5-4-6-13-28/h7-9,18,20H,4-6,10-17H2,1-3H3. The number of carbonyl (C=O) groups is 5. The van der Waals surface area contributed by atoms with Gasteiger partial charge < -0.3 is 4.74 Å². The van der Waals surface area contributed by atoms with Crippen molar-refractivity contribution in [2.45, 2.75) is 65.2 Å². The summed E-state index contributed by atoms with van der Waals surface area (Å²) in [6.45, 7) is 7.25. The number of hydrogen-bond donors (Lipinski definition) is 0. The number of rotatable bonds is 10. The number of piperidine rings is 2. The second kappa shape index (κ2) is 12.2. The lowest BCUT2D eigenvalue weighted by Gasteiger charge is -2.30. The Balaban J connectivity index is 1.59. The topological polar surface area (TPSA) is 101 Å². The van der Waals surface area contributed by atoms with E-state index in [1.54, 1.807) is 12.1 Å². The Morgan fingerprint density at radius 3 is 2.46 bits per heavy atom. The van der Waals surface area contributed by atoms with Gasteiger partial charge in [0.25, 0.3) is 0 Å². The van der Waals surface area contributed by atoms with Crippen LogP contribution in [0, 0.1) is 5.92 Å². The fourth-order valence-electron chi connectivity index (χ4n) is 4.93. The van der Waals surface area contributed by atoms with E-state index in [-0.39, 0.29) is 68.3 Å². The SMILES string of the molecule is CC(=O)c1c(C(=O)CC2CCC(=O)N(CCOC(=O)CN3CCCCC3)C2=O)cccc1C(C)C. The van der Waals surface area contributed by atoms with E-state index in [2.05, 4.69) is 0 Å². The van der Waals surface area contributed by atoms with Gasteiger partial charge in [-0.1, -0.05) is 38.5 Å². The zero-order chi connectivity index (χ0) is 25.5. The molecule has 0 aliphatic carbocycles. The highest BCUT2D eigenvalue weighted by atomic mass is 16.5. The number of likely N-dealkylation sites (tertiary alicyclic amines) is 2. The smallest absolute Gasteiger partial charge is 0.320 e. The maximum Gasteiger partial charge on any atom is 0.320 e. The summed E-state index contributed by atoms with van der Waals surface area (Å²) < 4.78 is 5.28. The lowest BCUT2D eigenvalue weighted by molar-refractivity contribution is -0.156. The molecule has 0 radical (unpaired) electrons. The summed E-state index contributed by atoms with van der Waals surface area (Å²) in [5, 5.41) is 0. The van der Waals surface area contributed by atoms with Crippen molar-refractivity contribution in [1.29, 1.82) is 0 Å². The number of Topliss-reactive ketones (excluding diaryl/α,β-unsaturated/α-hetero) is 2. The van der Waals surface area contributed by atoms with Crippen LogP contribution in [0.5, 0.6) is 0 Å². The first kappa shape index (κ1) is 26.7. The largest absolute Gasteiger partial charge is 0.463 e. The van der Waals surface area contributed by atoms with Crippen LogP contribution in [-0.4, -0.2) is 71.9 Å². The van der Waals surface area contributed by atoms with Gasteiger partial charge in [0.2, 0.25) is 11.8 Å². The molecule has 190 valence electrons. The van der Waals surface area contributed by atoms with E-state index >= 15 is 0 Å². The van der Waals surface area contributed by atoms with Crippen LogP contribution in [0.4, 0.5) is 0 Å². The molecule has 2 heterocycles. The van der Waals surface area contributed by atoms with E-state index in [1.807, 2.05) is 24.8 Å². The molecule has 0 N–H and O–H groups in total. The van der Waals surface area contributed by atoms with Gasteiger partial charge in [0.1, 0.15) is 6.61 Å². The van der Waals surface area contributed by atoms with Gasteiger partial charge in [-0.15, -0.1) is 0 Å². The molecule has 3 rings (SSSR count). The first-order chi connectivity index (χ1) is 16.7. The summed E-state index contributed by atoms with van der Waals surface area (Å²) in [6, 6.07) is 5.23. The van der Waals surface area contributed by atoms with Crippen LogP contribution in [-0.2, 0) is 19.1 Å². The van der Waals surface area contributed by atoms with Gasteiger partial charge in [0.05, 0.1) is 13.1 Å². The van der Waals surface area contributed by atoms with E-state index < -0.39 is 11.8 Å². The number of amides is 2. The van der Waals surface area contributed by atoms with Crippen LogP contribution in [0.15, 0.2) is 18.2 Å². The van der Waals surface area contributed by atoms with Crippen LogP contribution in [0.25, 0.3) is 0 Å². The molecule has 1 unspecified atom stereocenters. The van der Waals surface area contributed by atoms with Crippen molar-refractivity contribution in [3.05, 3.63) is 34.9 Å². The number of ether oxygens (including phenoxy) is 1. The number of nitrogens with zero attached hydrogens (tertiary/aromatic N) is 2. The third-order valence-electron chi connectivity index (χ3n) is 6.81. The molecule has 0 aromatic heterocycles. The lowest BCUT2D eigenvalue weighted by Crippen LogP contribution is -2.47. The third kappa shape index (κ3) is 6.84. The highest BCUT2D eigenvalue weighted by Crippen LogP contribution is 2.28. The molecule has 2 saturated heterocycles. The molecule has 2 aliphatic rings. The summed E-state index contributed by atoms with van der Waals surface area (Å²) in [7, 11) is 0. The van der Waals surface area contributed by atoms with Crippen molar-refractivity contribution in [3.63, 3.8) is 0 Å². The normalized spacial score (nSPS) is 19.2. The van der Waals surface area contributed by atoms with E-state index in [4.69, 9.17) is 4.74 Å². The Hall–Kier alpha value is -2.87. The van der Waals surface area contributed by atoms with Gasteiger partial charge in [-0.25, -0.2) is 0 Å². The fraction of sp³-hybridized carbons (Fsp3) is 0.593. The summed E-state index contributed by atoms with van der Waals surface area (Å²) in [4.78, 5) is 66.2. The van der Waals surface area contributed by atoms with Crippen LogP contribution in [0.2, 0.25) is 0 Å². The fourth-order valence-corrected chi connectivity index (χ4v) is 4.93. The second-order valence-corrected chi connectivity index (χ2v) is 9.78. The molecule has 2 amide bonds. The Morgan fingerprint density at radius 2 is 1.80 bits per heavy atom. The summed E-state index contributed by atoms with van der Waals surface area (Å²) in [6.07, 6.45) is 3.68. The highest BCUT2D eigenvalue weighted by molar-refractivity contribution is 6.10. The van der Waals surface area contributed by atoms with Gasteiger partial charge in [-0.05, 0) is 50.8 Å². The molecule has 1 aromatic carbocycles. The molecule has 1 atom stereocenters. The number of benzene rings is 1. The Morgan fingerprint density at radius 1 is 1.09 bits per heavy atom. The molecular weight excluding hydrogens is 448 g/mol. The third-order valence-corrected chi connectivity index (χ3v) is 6.81. The molecule has 1 aromatic rings. The minimum atomic E-state index is -0.647. The van der Waals surface area contributed by atoms with E-state index in [0.29, 0.717) is 11.1 Å². The molecule has 8 nitrogen and oxygen atoms in total. The second-order valence-electron chi connectivity index (χ2n) is 9.78. The van der Waals surface area contributed by atoms with Gasteiger partial charge in [-0.3, -0.25) is 33.8 Å². The molecule has 8 heteroatoms. The van der Waals surface area contributed by atoms with Gasteiger partial charge >= 0.3 is 5.97 Å². The highest BCUT2D eigenvalue weighted by Gasteiger charge is 2.36. The van der Waals surface area contributed by atoms with Crippen LogP contribution >= 0.6 is 0 Å². The molecule has 0 bridgehead atoms. The van der Waals surface area contributed by atoms with Crippen LogP contribution in [0.3, 0.4) is 0 Å². The zero-order valence-corrected chi connectivity index (χ0v) is 21.0. The number of ketones is 2. The van der Waals surface area contributed by atoms with Crippen molar-refractivity contribution in [1.82, 2.24) is 9.80 Å². The van der Waals surface area contributed by atoms with Gasteiger partial charge in [0.15, 0.2) is 11.6 Å². The maximum absolute atomic E-state index is 13.2. The monoisotopic (exact) mass is 484 g/mol. The molecule has 35 heavy (non-hydrogen) atoms. The number of imide groups is 1. The predicted octanol–water partition coefficient (Wildman–Crippen LogP) is 3.38. The Labute approximate surface area is 207 Å². The molecule has 2 aliphatic heterocycles. The Bertz CT molecular complexity index is 980. The minimum absolute atomic E-state index is 0.0182. The molecule has 2 fully saturated rings. The van der Waals surface area contributed by atoms with Crippen molar-refractivity contribution >= 4 is 29.4 Å². The minimum Gasteiger partial charge on any atom is -0.463 e. The van der Waals surface area contributed by atoms with E-state index in [1.165, 1.54) is 13.3 Å². The maximum atomic E-state index is 13.2. The number of esters is 1. The molecular formula is C27H36N2O6. The first-order valence-corrected chi connectivity index (χ1v) is 12.6. The predicted molar refractivity (Wildman–Crippen MR) is 130 cm³/mol. The average Bonchev–Trinajstić information content (AvgIpc) is 2.83. The summed E-state index contributed by atoms with van der Waals surface area (Å²) in [5.41, 5.74) is 1.54. The van der Waals surface area contributed by atoms with E-state index in [9.17, 15) is 24.0 Å². The summed E-state index contributed by atoms with van der Waals surface area (Å²) in [5.74, 6) is -2.15. The quantitative estimate of drug-likeness (QED) is 0.285. The van der Waals surface area contributed by atoms with Crippen molar-refractivity contribution in [2.75, 3.05) is 32.8 Å². The summed E-state index contributed by atoms with van der Waals surface area (Å²) >= 11 is 0. The van der Waals surface area contributed by atoms with Gasteiger partial charge in [-0.2, -0.15) is 0 Å². The molecule has 0 saturated carbocycles. The zero-order valence-electron chi connectivity index (χ0n) is 21.0. The Kier molecular flexibility index (Phi) is 9.32. The van der Waals surface area contributed by atoms with Crippen LogP contribution < -0.4 is 0 Å².